The van der Waals surface area contributed by atoms with Crippen LogP contribution >= 0.6 is 11.3 Å². The van der Waals surface area contributed by atoms with Gasteiger partial charge in [-0.15, -0.1) is 11.3 Å². The first-order valence-corrected chi connectivity index (χ1v) is 8.06. The zero-order valence-electron chi connectivity index (χ0n) is 13.2. The van der Waals surface area contributed by atoms with Gasteiger partial charge < -0.3 is 4.74 Å². The van der Waals surface area contributed by atoms with E-state index in [0.29, 0.717) is 16.6 Å². The van der Waals surface area contributed by atoms with E-state index in [4.69, 9.17) is 0 Å². The summed E-state index contributed by atoms with van der Waals surface area (Å²) in [5, 5.41) is 4.14. The van der Waals surface area contributed by atoms with Crippen LogP contribution < -0.4 is 4.74 Å². The quantitative estimate of drug-likeness (QED) is 0.491. The smallest absolute Gasteiger partial charge is 0.419 e. The highest BCUT2D eigenvalue weighted by molar-refractivity contribution is 7.15. The number of thiazole rings is 1. The second kappa shape index (κ2) is 6.87. The van der Waals surface area contributed by atoms with E-state index in [1.165, 1.54) is 23.1 Å². The molecule has 0 fully saturated rings. The Kier molecular flexibility index (Phi) is 4.77. The van der Waals surface area contributed by atoms with E-state index in [1.54, 1.807) is 6.92 Å². The van der Waals surface area contributed by atoms with Gasteiger partial charge in [-0.05, 0) is 19.1 Å². The van der Waals surface area contributed by atoms with E-state index in [-0.39, 0.29) is 29.3 Å². The summed E-state index contributed by atoms with van der Waals surface area (Å²) < 4.78 is 59.0. The molecule has 3 aromatic rings. The van der Waals surface area contributed by atoms with E-state index in [9.17, 15) is 22.4 Å². The zero-order valence-corrected chi connectivity index (χ0v) is 14.1. The molecule has 0 atom stereocenters. The minimum atomic E-state index is -4.78. The molecule has 0 spiro atoms. The molecule has 5 nitrogen and oxygen atoms in total. The highest BCUT2D eigenvalue weighted by Crippen LogP contribution is 2.37. The Morgan fingerprint density at radius 3 is 2.81 bits per heavy atom. The maximum absolute atomic E-state index is 14.3. The lowest BCUT2D eigenvalue weighted by atomic mass is 10.1. The average Bonchev–Trinajstić information content (AvgIpc) is 3.14. The van der Waals surface area contributed by atoms with Gasteiger partial charge in [-0.25, -0.2) is 9.37 Å². The second-order valence-corrected chi connectivity index (χ2v) is 6.48. The number of hydrogen-bond donors (Lipinski definition) is 0. The van der Waals surface area contributed by atoms with E-state index in [1.807, 2.05) is 0 Å². The summed E-state index contributed by atoms with van der Waals surface area (Å²) in [5.41, 5.74) is -1.00. The molecular formula is C16H11F4N3O2S. The van der Waals surface area contributed by atoms with Crippen molar-refractivity contribution in [3.63, 3.8) is 0 Å². The lowest BCUT2D eigenvalue weighted by Crippen LogP contribution is -2.08. The molecule has 0 aliphatic heterocycles. The molecule has 2 aromatic heterocycles. The van der Waals surface area contributed by atoms with Crippen LogP contribution in [0, 0.1) is 12.7 Å². The fourth-order valence-electron chi connectivity index (χ4n) is 2.31. The summed E-state index contributed by atoms with van der Waals surface area (Å²) in [6.07, 6.45) is -1.97. The molecule has 0 N–H and O–H groups in total. The molecular weight excluding hydrogens is 374 g/mol. The second-order valence-electron chi connectivity index (χ2n) is 5.27. The average molecular weight is 385 g/mol. The Morgan fingerprint density at radius 2 is 2.12 bits per heavy atom. The molecule has 1 aromatic carbocycles. The number of aryl methyl sites for hydroxylation is 1. The number of rotatable bonds is 5. The number of benzene rings is 1. The molecule has 0 amide bonds. The number of ether oxygens (including phenoxy) is 1. The van der Waals surface area contributed by atoms with Crippen LogP contribution in [0.15, 0.2) is 30.6 Å². The summed E-state index contributed by atoms with van der Waals surface area (Å²) in [5.74, 6) is -1.10. The van der Waals surface area contributed by atoms with Crippen LogP contribution in [0.3, 0.4) is 0 Å². The fourth-order valence-corrected chi connectivity index (χ4v) is 3.25. The Labute approximate surface area is 148 Å². The number of alkyl halides is 3. The fraction of sp³-hybridized carbons (Fsp3) is 0.188. The van der Waals surface area contributed by atoms with Gasteiger partial charge in [-0.3, -0.25) is 9.48 Å². The van der Waals surface area contributed by atoms with Crippen LogP contribution in [0.4, 0.5) is 17.6 Å². The van der Waals surface area contributed by atoms with Crippen molar-refractivity contribution < 1.29 is 27.1 Å². The summed E-state index contributed by atoms with van der Waals surface area (Å²) in [6.45, 7) is 2.20. The van der Waals surface area contributed by atoms with Crippen LogP contribution in [0.25, 0.3) is 10.6 Å². The van der Waals surface area contributed by atoms with Gasteiger partial charge in [0.1, 0.15) is 10.8 Å². The predicted molar refractivity (Wildman–Crippen MR) is 85.3 cm³/mol. The molecule has 0 radical (unpaired) electrons. The van der Waals surface area contributed by atoms with Crippen molar-refractivity contribution in [1.29, 1.82) is 0 Å². The summed E-state index contributed by atoms with van der Waals surface area (Å²) >= 11 is 1.09. The van der Waals surface area contributed by atoms with Crippen LogP contribution in [-0.2, 0) is 17.5 Å². The highest BCUT2D eigenvalue weighted by Gasteiger charge is 2.35. The van der Waals surface area contributed by atoms with Crippen molar-refractivity contribution in [2.45, 2.75) is 19.6 Å². The maximum atomic E-state index is 14.3. The molecule has 0 saturated carbocycles. The number of nitrogens with zero attached hydrogens (tertiary/aromatic N) is 3. The van der Waals surface area contributed by atoms with Gasteiger partial charge in [-0.2, -0.15) is 18.3 Å². The first kappa shape index (κ1) is 18.1. The van der Waals surface area contributed by atoms with Crippen molar-refractivity contribution >= 4 is 17.8 Å². The van der Waals surface area contributed by atoms with Crippen molar-refractivity contribution in [2.24, 2.45) is 0 Å². The van der Waals surface area contributed by atoms with Crippen LogP contribution in [0.1, 0.15) is 16.1 Å². The van der Waals surface area contributed by atoms with Crippen LogP contribution in [0.5, 0.6) is 5.75 Å². The SMILES string of the molecule is Cc1sc(-c2cccc(C(F)(F)F)c2F)nc1Cn1cc(OC=O)cn1. The predicted octanol–water partition coefficient (Wildman–Crippen LogP) is 4.06. The van der Waals surface area contributed by atoms with E-state index in [0.717, 1.165) is 17.4 Å². The van der Waals surface area contributed by atoms with Crippen LogP contribution in [-0.4, -0.2) is 21.2 Å². The molecule has 136 valence electrons. The minimum Gasteiger partial charge on any atom is -0.425 e. The van der Waals surface area contributed by atoms with E-state index < -0.39 is 17.6 Å². The van der Waals surface area contributed by atoms with Gasteiger partial charge in [0, 0.05) is 10.4 Å². The summed E-state index contributed by atoms with van der Waals surface area (Å²) in [6, 6.07) is 3.10. The van der Waals surface area contributed by atoms with E-state index in [2.05, 4.69) is 14.8 Å². The Hall–Kier alpha value is -2.75. The Balaban J connectivity index is 1.92. The summed E-state index contributed by atoms with van der Waals surface area (Å²) in [7, 11) is 0. The normalized spacial score (nSPS) is 11.6. The van der Waals surface area contributed by atoms with E-state index >= 15 is 0 Å². The molecule has 0 aliphatic rings. The lowest BCUT2D eigenvalue weighted by Gasteiger charge is -2.09. The van der Waals surface area contributed by atoms with Crippen molar-refractivity contribution in [1.82, 2.24) is 14.8 Å². The number of carbonyl (C=O) groups is 1. The molecule has 26 heavy (non-hydrogen) atoms. The first-order chi connectivity index (χ1) is 12.3. The number of carbonyl (C=O) groups excluding carboxylic acids is 1. The zero-order chi connectivity index (χ0) is 18.9. The van der Waals surface area contributed by atoms with Crippen LogP contribution in [0.2, 0.25) is 0 Å². The van der Waals surface area contributed by atoms with Gasteiger partial charge in [0.25, 0.3) is 6.47 Å². The monoisotopic (exact) mass is 385 g/mol. The topological polar surface area (TPSA) is 57.0 Å². The van der Waals surface area contributed by atoms with Gasteiger partial charge in [0.05, 0.1) is 30.2 Å². The number of hydrogen-bond acceptors (Lipinski definition) is 5. The minimum absolute atomic E-state index is 0.151. The van der Waals surface area contributed by atoms with Gasteiger partial charge in [-0.1, -0.05) is 6.07 Å². The van der Waals surface area contributed by atoms with Gasteiger partial charge in [0.2, 0.25) is 0 Å². The Morgan fingerprint density at radius 1 is 1.35 bits per heavy atom. The van der Waals surface area contributed by atoms with Crippen molar-refractivity contribution in [3.05, 3.63) is 52.5 Å². The highest BCUT2D eigenvalue weighted by atomic mass is 32.1. The Bertz CT molecular complexity index is 949. The molecule has 0 bridgehead atoms. The molecule has 3 rings (SSSR count). The molecule has 2 heterocycles. The summed E-state index contributed by atoms with van der Waals surface area (Å²) in [4.78, 5) is 15.3. The molecule has 10 heteroatoms. The standard InChI is InChI=1S/C16H11F4N3O2S/c1-9-13(7-23-6-10(5-21-23)25-8-24)22-15(26-9)11-3-2-4-12(14(11)17)16(18,19)20/h2-6,8H,7H2,1H3. The third kappa shape index (κ3) is 3.59. The largest absolute Gasteiger partial charge is 0.425 e. The van der Waals surface area contributed by atoms with Gasteiger partial charge >= 0.3 is 6.18 Å². The first-order valence-electron chi connectivity index (χ1n) is 7.24. The third-order valence-corrected chi connectivity index (χ3v) is 4.58. The number of aromatic nitrogens is 3. The molecule has 0 aliphatic carbocycles. The van der Waals surface area contributed by atoms with Crippen molar-refractivity contribution in [2.75, 3.05) is 0 Å². The third-order valence-electron chi connectivity index (χ3n) is 3.53. The lowest BCUT2D eigenvalue weighted by molar-refractivity contribution is -0.139. The maximum Gasteiger partial charge on any atom is 0.419 e. The van der Waals surface area contributed by atoms with Gasteiger partial charge in [0.15, 0.2) is 5.75 Å². The molecule has 0 saturated heterocycles. The number of halogens is 4. The molecule has 0 unspecified atom stereocenters. The van der Waals surface area contributed by atoms with Crippen molar-refractivity contribution in [3.8, 4) is 16.3 Å².